The summed E-state index contributed by atoms with van der Waals surface area (Å²) in [5.41, 5.74) is 2.98. The molecule has 0 heterocycles. The predicted octanol–water partition coefficient (Wildman–Crippen LogP) is 5.27. The Morgan fingerprint density at radius 2 is 1.74 bits per heavy atom. The van der Waals surface area contributed by atoms with Gasteiger partial charge in [0.15, 0.2) is 0 Å². The SMILES string of the molecule is CCN(CC)N=Nc1ccc(C(F)(F)F)cc1C#C[Si](C)(C)C. The van der Waals surface area contributed by atoms with Crippen LogP contribution in [-0.2, 0) is 6.18 Å². The lowest BCUT2D eigenvalue weighted by molar-refractivity contribution is -0.137. The molecule has 0 aliphatic carbocycles. The topological polar surface area (TPSA) is 28.0 Å². The summed E-state index contributed by atoms with van der Waals surface area (Å²) in [6, 6.07) is 3.38. The predicted molar refractivity (Wildman–Crippen MR) is 89.1 cm³/mol. The Labute approximate surface area is 136 Å². The average molecular weight is 341 g/mol. The van der Waals surface area contributed by atoms with Crippen molar-refractivity contribution in [3.8, 4) is 11.5 Å². The molecule has 1 aromatic carbocycles. The first-order valence-corrected chi connectivity index (χ1v) is 11.0. The van der Waals surface area contributed by atoms with E-state index in [1.807, 2.05) is 33.5 Å². The number of benzene rings is 1. The van der Waals surface area contributed by atoms with Gasteiger partial charge in [-0.05, 0) is 32.0 Å². The first-order chi connectivity index (χ1) is 10.6. The van der Waals surface area contributed by atoms with E-state index in [2.05, 4.69) is 21.8 Å². The van der Waals surface area contributed by atoms with Crippen LogP contribution < -0.4 is 0 Å². The molecule has 126 valence electrons. The van der Waals surface area contributed by atoms with Gasteiger partial charge in [-0.3, -0.25) is 5.01 Å². The van der Waals surface area contributed by atoms with Gasteiger partial charge in [-0.2, -0.15) is 13.2 Å². The van der Waals surface area contributed by atoms with E-state index in [-0.39, 0.29) is 5.56 Å². The Morgan fingerprint density at radius 3 is 2.22 bits per heavy atom. The van der Waals surface area contributed by atoms with Gasteiger partial charge in [-0.1, -0.05) is 30.8 Å². The molecule has 0 aromatic heterocycles. The highest BCUT2D eigenvalue weighted by Crippen LogP contribution is 2.32. The molecule has 0 radical (unpaired) electrons. The molecule has 0 fully saturated rings. The van der Waals surface area contributed by atoms with Crippen molar-refractivity contribution >= 4 is 13.8 Å². The summed E-state index contributed by atoms with van der Waals surface area (Å²) in [7, 11) is -1.71. The van der Waals surface area contributed by atoms with Crippen LogP contribution in [0, 0.1) is 11.5 Å². The monoisotopic (exact) mass is 341 g/mol. The molecule has 0 amide bonds. The maximum absolute atomic E-state index is 12.9. The Hall–Kier alpha value is -1.81. The average Bonchev–Trinajstić information content (AvgIpc) is 2.45. The first-order valence-electron chi connectivity index (χ1n) is 7.48. The zero-order valence-electron chi connectivity index (χ0n) is 14.1. The molecule has 0 aliphatic rings. The molecule has 23 heavy (non-hydrogen) atoms. The molecule has 0 saturated heterocycles. The van der Waals surface area contributed by atoms with E-state index < -0.39 is 19.8 Å². The molecule has 1 rings (SSSR count). The van der Waals surface area contributed by atoms with Crippen LogP contribution in [0.15, 0.2) is 28.5 Å². The molecule has 0 spiro atoms. The number of halogens is 3. The van der Waals surface area contributed by atoms with Crippen molar-refractivity contribution in [2.75, 3.05) is 13.1 Å². The van der Waals surface area contributed by atoms with Gasteiger partial charge < -0.3 is 0 Å². The van der Waals surface area contributed by atoms with Crippen molar-refractivity contribution in [1.82, 2.24) is 5.01 Å². The van der Waals surface area contributed by atoms with Crippen LogP contribution in [0.25, 0.3) is 0 Å². The quantitative estimate of drug-likeness (QED) is 0.317. The molecule has 3 nitrogen and oxygen atoms in total. The summed E-state index contributed by atoms with van der Waals surface area (Å²) in [5, 5.41) is 9.83. The van der Waals surface area contributed by atoms with E-state index in [0.29, 0.717) is 18.8 Å². The van der Waals surface area contributed by atoms with Gasteiger partial charge in [0, 0.05) is 13.1 Å². The van der Waals surface area contributed by atoms with Crippen LogP contribution in [0.2, 0.25) is 19.6 Å². The number of hydrogen-bond donors (Lipinski definition) is 0. The number of nitrogens with zero attached hydrogens (tertiary/aromatic N) is 3. The summed E-state index contributed by atoms with van der Waals surface area (Å²) >= 11 is 0. The van der Waals surface area contributed by atoms with Crippen LogP contribution >= 0.6 is 0 Å². The summed E-state index contributed by atoms with van der Waals surface area (Å²) in [4.78, 5) is 0. The zero-order chi connectivity index (χ0) is 17.7. The largest absolute Gasteiger partial charge is 0.416 e. The van der Waals surface area contributed by atoms with Crippen molar-refractivity contribution < 1.29 is 13.2 Å². The second-order valence-corrected chi connectivity index (χ2v) is 10.8. The Bertz CT molecular complexity index is 618. The Kier molecular flexibility index (Phi) is 6.39. The highest BCUT2D eigenvalue weighted by atomic mass is 28.3. The molecule has 0 unspecified atom stereocenters. The Morgan fingerprint density at radius 1 is 1.13 bits per heavy atom. The van der Waals surface area contributed by atoms with E-state index in [1.165, 1.54) is 6.07 Å². The number of hydrogen-bond acceptors (Lipinski definition) is 2. The second kappa shape index (κ2) is 7.64. The van der Waals surface area contributed by atoms with E-state index in [9.17, 15) is 13.2 Å². The molecule has 0 saturated carbocycles. The fourth-order valence-corrected chi connectivity index (χ4v) is 2.13. The van der Waals surface area contributed by atoms with Gasteiger partial charge in [0.25, 0.3) is 0 Å². The van der Waals surface area contributed by atoms with Crippen LogP contribution in [0.4, 0.5) is 18.9 Å². The van der Waals surface area contributed by atoms with Gasteiger partial charge in [-0.15, -0.1) is 10.7 Å². The van der Waals surface area contributed by atoms with Gasteiger partial charge in [-0.25, -0.2) is 0 Å². The summed E-state index contributed by atoms with van der Waals surface area (Å²) in [6.45, 7) is 11.3. The highest BCUT2D eigenvalue weighted by Gasteiger charge is 2.31. The molecular formula is C16H22F3N3Si. The van der Waals surface area contributed by atoms with Crippen LogP contribution in [0.5, 0.6) is 0 Å². The van der Waals surface area contributed by atoms with Crippen molar-refractivity contribution in [2.45, 2.75) is 39.7 Å². The Balaban J connectivity index is 3.31. The fourth-order valence-electron chi connectivity index (χ4n) is 1.62. The molecule has 0 aliphatic heterocycles. The summed E-state index contributed by atoms with van der Waals surface area (Å²) < 4.78 is 38.7. The lowest BCUT2D eigenvalue weighted by Crippen LogP contribution is -2.16. The minimum atomic E-state index is -4.40. The van der Waals surface area contributed by atoms with Gasteiger partial charge in [0.1, 0.15) is 13.8 Å². The normalized spacial score (nSPS) is 12.2. The maximum Gasteiger partial charge on any atom is 0.416 e. The van der Waals surface area contributed by atoms with E-state index >= 15 is 0 Å². The van der Waals surface area contributed by atoms with Crippen molar-refractivity contribution in [2.24, 2.45) is 10.3 Å². The minimum Gasteiger partial charge on any atom is -0.279 e. The molecular weight excluding hydrogens is 319 g/mol. The van der Waals surface area contributed by atoms with Crippen LogP contribution in [-0.4, -0.2) is 26.2 Å². The molecule has 0 N–H and O–H groups in total. The number of alkyl halides is 3. The van der Waals surface area contributed by atoms with Crippen molar-refractivity contribution in [3.05, 3.63) is 29.3 Å². The third-order valence-electron chi connectivity index (χ3n) is 2.91. The van der Waals surface area contributed by atoms with Crippen molar-refractivity contribution in [3.63, 3.8) is 0 Å². The van der Waals surface area contributed by atoms with Gasteiger partial charge >= 0.3 is 6.18 Å². The molecule has 0 bridgehead atoms. The zero-order valence-corrected chi connectivity index (χ0v) is 15.1. The smallest absolute Gasteiger partial charge is 0.279 e. The lowest BCUT2D eigenvalue weighted by atomic mass is 10.1. The standard InChI is InChI=1S/C16H22F3N3Si/c1-6-22(7-2)21-20-15-9-8-14(16(17,18)19)12-13(15)10-11-23(3,4)5/h8-9,12H,6-7H2,1-5H3. The molecule has 7 heteroatoms. The summed E-state index contributed by atoms with van der Waals surface area (Å²) in [5.74, 6) is 2.86. The van der Waals surface area contributed by atoms with Crippen LogP contribution in [0.3, 0.4) is 0 Å². The van der Waals surface area contributed by atoms with E-state index in [4.69, 9.17) is 0 Å². The fraction of sp³-hybridized carbons (Fsp3) is 0.500. The third kappa shape index (κ3) is 6.45. The van der Waals surface area contributed by atoms with Crippen molar-refractivity contribution in [1.29, 1.82) is 0 Å². The summed E-state index contributed by atoms with van der Waals surface area (Å²) in [6.07, 6.45) is -4.40. The third-order valence-corrected chi connectivity index (χ3v) is 3.78. The van der Waals surface area contributed by atoms with Gasteiger partial charge in [0.05, 0.1) is 11.1 Å². The highest BCUT2D eigenvalue weighted by molar-refractivity contribution is 6.83. The number of rotatable bonds is 4. The first kappa shape index (κ1) is 19.2. The minimum absolute atomic E-state index is 0.262. The van der Waals surface area contributed by atoms with E-state index in [0.717, 1.165) is 12.1 Å². The second-order valence-electron chi connectivity index (χ2n) is 6.06. The molecule has 1 aromatic rings. The lowest BCUT2D eigenvalue weighted by Gasteiger charge is -2.12. The van der Waals surface area contributed by atoms with E-state index in [1.54, 1.807) is 5.01 Å². The maximum atomic E-state index is 12.9. The molecule has 0 atom stereocenters. The van der Waals surface area contributed by atoms with Crippen LogP contribution in [0.1, 0.15) is 25.0 Å². The van der Waals surface area contributed by atoms with Gasteiger partial charge in [0.2, 0.25) is 0 Å².